The molecule has 0 saturated heterocycles. The van der Waals surface area contributed by atoms with Gasteiger partial charge in [-0.05, 0) is 48.9 Å². The maximum absolute atomic E-state index is 12.2. The summed E-state index contributed by atoms with van der Waals surface area (Å²) in [4.78, 5) is 20.5. The second-order valence-electron chi connectivity index (χ2n) is 6.53. The highest BCUT2D eigenvalue weighted by Crippen LogP contribution is 2.23. The van der Waals surface area contributed by atoms with E-state index < -0.39 is 12.8 Å². The normalized spacial score (nSPS) is 10.8. The summed E-state index contributed by atoms with van der Waals surface area (Å²) in [7, 11) is 1.34. The number of benzene rings is 2. The number of carbonyl (C=O) groups excluding carboxylic acids is 1. The molecule has 0 aliphatic heterocycles. The molecule has 2 aromatic heterocycles. The zero-order chi connectivity index (χ0) is 21.8. The van der Waals surface area contributed by atoms with E-state index in [-0.39, 0.29) is 11.7 Å². The highest BCUT2D eigenvalue weighted by molar-refractivity contribution is 5.89. The molecule has 0 saturated carbocycles. The van der Waals surface area contributed by atoms with Gasteiger partial charge < -0.3 is 14.0 Å². The lowest BCUT2D eigenvalue weighted by Crippen LogP contribution is -2.06. The summed E-state index contributed by atoms with van der Waals surface area (Å²) in [6.45, 7) is 1.31. The fourth-order valence-electron chi connectivity index (χ4n) is 2.94. The van der Waals surface area contributed by atoms with Gasteiger partial charge in [0.2, 0.25) is 18.5 Å². The zero-order valence-corrected chi connectivity index (χ0v) is 16.8. The highest BCUT2D eigenvalue weighted by atomic mass is 19.1. The molecule has 10 heteroatoms. The lowest BCUT2D eigenvalue weighted by atomic mass is 10.1. The Morgan fingerprint density at radius 2 is 1.94 bits per heavy atom. The first-order valence-corrected chi connectivity index (χ1v) is 9.29. The van der Waals surface area contributed by atoms with Gasteiger partial charge in [0, 0.05) is 5.56 Å². The third kappa shape index (κ3) is 4.42. The van der Waals surface area contributed by atoms with E-state index in [1.165, 1.54) is 7.11 Å². The molecule has 0 amide bonds. The Hall–Kier alpha value is -4.08. The summed E-state index contributed by atoms with van der Waals surface area (Å²) in [6.07, 6.45) is 0. The van der Waals surface area contributed by atoms with Crippen molar-refractivity contribution in [3.05, 3.63) is 65.5 Å². The van der Waals surface area contributed by atoms with Crippen LogP contribution in [0.15, 0.2) is 53.1 Å². The number of aromatic nitrogens is 5. The summed E-state index contributed by atoms with van der Waals surface area (Å²) in [5, 5.41) is 8.41. The van der Waals surface area contributed by atoms with Crippen LogP contribution in [0.5, 0.6) is 5.75 Å². The van der Waals surface area contributed by atoms with Crippen molar-refractivity contribution in [3.8, 4) is 28.9 Å². The largest absolute Gasteiger partial charge is 0.465 e. The molecular weight excluding hydrogens is 405 g/mol. The van der Waals surface area contributed by atoms with Gasteiger partial charge in [0.05, 0.1) is 19.2 Å². The lowest BCUT2D eigenvalue weighted by molar-refractivity contribution is 0.0600. The third-order valence-corrected chi connectivity index (χ3v) is 4.49. The molecule has 0 unspecified atom stereocenters. The van der Waals surface area contributed by atoms with Gasteiger partial charge in [-0.2, -0.15) is 4.98 Å². The monoisotopic (exact) mass is 423 g/mol. The van der Waals surface area contributed by atoms with Crippen LogP contribution in [0.2, 0.25) is 0 Å². The second kappa shape index (κ2) is 8.74. The van der Waals surface area contributed by atoms with Crippen molar-refractivity contribution < 1.29 is 23.2 Å². The first-order valence-electron chi connectivity index (χ1n) is 9.29. The molecule has 0 spiro atoms. The van der Waals surface area contributed by atoms with Crippen molar-refractivity contribution in [3.63, 3.8) is 0 Å². The summed E-state index contributed by atoms with van der Waals surface area (Å²) in [5.41, 5.74) is 2.00. The molecule has 2 aromatic carbocycles. The number of methoxy groups -OCH3 is 1. The average molecular weight is 423 g/mol. The number of nitrogens with zero attached hydrogens (tertiary/aromatic N) is 5. The third-order valence-electron chi connectivity index (χ3n) is 4.49. The van der Waals surface area contributed by atoms with Crippen LogP contribution < -0.4 is 4.74 Å². The highest BCUT2D eigenvalue weighted by Gasteiger charge is 2.17. The maximum Gasteiger partial charge on any atom is 0.337 e. The van der Waals surface area contributed by atoms with Crippen molar-refractivity contribution in [1.82, 2.24) is 24.9 Å². The van der Waals surface area contributed by atoms with E-state index in [1.54, 1.807) is 47.1 Å². The van der Waals surface area contributed by atoms with Crippen LogP contribution in [0, 0.1) is 6.92 Å². The van der Waals surface area contributed by atoms with Gasteiger partial charge in [-0.3, -0.25) is 0 Å². The van der Waals surface area contributed by atoms with Gasteiger partial charge in [0.1, 0.15) is 11.6 Å². The fourth-order valence-corrected chi connectivity index (χ4v) is 2.94. The Kier molecular flexibility index (Phi) is 5.69. The number of carbonyl (C=O) groups is 1. The van der Waals surface area contributed by atoms with Crippen LogP contribution in [0.3, 0.4) is 0 Å². The molecule has 0 bridgehead atoms. The number of ether oxygens (including phenoxy) is 2. The van der Waals surface area contributed by atoms with E-state index >= 15 is 0 Å². The number of halogens is 1. The molecule has 31 heavy (non-hydrogen) atoms. The molecule has 4 rings (SSSR count). The first kappa shape index (κ1) is 20.2. The van der Waals surface area contributed by atoms with Crippen molar-refractivity contribution in [2.75, 3.05) is 14.0 Å². The Morgan fingerprint density at radius 3 is 2.68 bits per heavy atom. The summed E-state index contributed by atoms with van der Waals surface area (Å²) in [5.74, 6) is 1.46. The lowest BCUT2D eigenvalue weighted by Gasteiger charge is -2.05. The van der Waals surface area contributed by atoms with E-state index in [0.717, 1.165) is 5.56 Å². The van der Waals surface area contributed by atoms with Crippen LogP contribution in [0.1, 0.15) is 21.7 Å². The van der Waals surface area contributed by atoms with Crippen LogP contribution in [-0.2, 0) is 11.3 Å². The second-order valence-corrected chi connectivity index (χ2v) is 6.53. The zero-order valence-electron chi connectivity index (χ0n) is 16.8. The Morgan fingerprint density at radius 1 is 1.13 bits per heavy atom. The van der Waals surface area contributed by atoms with Crippen molar-refractivity contribution in [1.29, 1.82) is 0 Å². The molecule has 2 heterocycles. The molecule has 4 aromatic rings. The van der Waals surface area contributed by atoms with Gasteiger partial charge in [-0.25, -0.2) is 18.9 Å². The quantitative estimate of drug-likeness (QED) is 0.416. The van der Waals surface area contributed by atoms with Crippen molar-refractivity contribution >= 4 is 5.97 Å². The molecule has 0 fully saturated rings. The van der Waals surface area contributed by atoms with E-state index in [1.807, 2.05) is 13.0 Å². The van der Waals surface area contributed by atoms with Gasteiger partial charge in [0.25, 0.3) is 5.89 Å². The van der Waals surface area contributed by atoms with Crippen LogP contribution >= 0.6 is 0 Å². The van der Waals surface area contributed by atoms with Crippen LogP contribution in [0.4, 0.5) is 4.39 Å². The Balaban J connectivity index is 1.54. The van der Waals surface area contributed by atoms with Crippen LogP contribution in [-0.4, -0.2) is 44.8 Å². The van der Waals surface area contributed by atoms with Gasteiger partial charge >= 0.3 is 5.97 Å². The van der Waals surface area contributed by atoms with E-state index in [9.17, 15) is 9.18 Å². The smallest absolute Gasteiger partial charge is 0.337 e. The molecule has 0 aliphatic rings. The fraction of sp³-hybridized carbons (Fsp3) is 0.190. The van der Waals surface area contributed by atoms with Gasteiger partial charge in [0.15, 0.2) is 0 Å². The molecule has 158 valence electrons. The van der Waals surface area contributed by atoms with Gasteiger partial charge in [-0.15, -0.1) is 5.10 Å². The maximum atomic E-state index is 12.2. The SMILES string of the molecule is COC(=O)c1cccc(Cn2nc(-c3nc(-c4ccc(OCF)cc4)no3)nc2C)c1. The summed E-state index contributed by atoms with van der Waals surface area (Å²) < 4.78 is 28.8. The summed E-state index contributed by atoms with van der Waals surface area (Å²) in [6, 6.07) is 13.7. The topological polar surface area (TPSA) is 105 Å². The minimum absolute atomic E-state index is 0.171. The van der Waals surface area contributed by atoms with Crippen LogP contribution in [0.25, 0.3) is 23.1 Å². The molecule has 0 N–H and O–H groups in total. The molecule has 0 atom stereocenters. The number of esters is 1. The Bertz CT molecular complexity index is 1200. The molecule has 9 nitrogen and oxygen atoms in total. The van der Waals surface area contributed by atoms with E-state index in [4.69, 9.17) is 14.0 Å². The number of hydrogen-bond acceptors (Lipinski definition) is 8. The molecule has 0 radical (unpaired) electrons. The van der Waals surface area contributed by atoms with Crippen molar-refractivity contribution in [2.45, 2.75) is 13.5 Å². The Labute approximate surface area is 176 Å². The predicted molar refractivity (Wildman–Crippen MR) is 107 cm³/mol. The number of alkyl halides is 1. The first-order chi connectivity index (χ1) is 15.1. The number of rotatable bonds is 7. The predicted octanol–water partition coefficient (Wildman–Crippen LogP) is 3.44. The number of aryl methyl sites for hydroxylation is 1. The minimum atomic E-state index is -0.896. The van der Waals surface area contributed by atoms with E-state index in [2.05, 4.69) is 20.2 Å². The standard InChI is InChI=1S/C21H18FN5O4/c1-13-23-19(25-27(13)11-14-4-3-5-16(10-14)21(28)29-2)20-24-18(26-31-20)15-6-8-17(9-7-15)30-12-22/h3-10H,11-12H2,1-2H3. The summed E-state index contributed by atoms with van der Waals surface area (Å²) >= 11 is 0. The molecule has 0 aliphatic carbocycles. The average Bonchev–Trinajstić information content (AvgIpc) is 3.41. The van der Waals surface area contributed by atoms with Gasteiger partial charge in [-0.1, -0.05) is 17.3 Å². The number of hydrogen-bond donors (Lipinski definition) is 0. The minimum Gasteiger partial charge on any atom is -0.465 e. The van der Waals surface area contributed by atoms with Crippen molar-refractivity contribution in [2.24, 2.45) is 0 Å². The molecular formula is C21H18FN5O4. The van der Waals surface area contributed by atoms with E-state index in [0.29, 0.717) is 35.1 Å².